The van der Waals surface area contributed by atoms with Crippen LogP contribution >= 0.6 is 0 Å². The lowest BCUT2D eigenvalue weighted by Gasteiger charge is -2.30. The Labute approximate surface area is 148 Å². The van der Waals surface area contributed by atoms with E-state index in [1.807, 2.05) is 36.4 Å². The molecule has 1 aliphatic heterocycles. The second kappa shape index (κ2) is 8.65. The van der Waals surface area contributed by atoms with Gasteiger partial charge in [-0.05, 0) is 23.1 Å². The van der Waals surface area contributed by atoms with Crippen LogP contribution in [0.1, 0.15) is 16.7 Å². The highest BCUT2D eigenvalue weighted by Crippen LogP contribution is 2.18. The molecule has 1 heterocycles. The first-order valence-electron chi connectivity index (χ1n) is 8.62. The van der Waals surface area contributed by atoms with Gasteiger partial charge in [0.05, 0.1) is 6.10 Å². The Hall–Kier alpha value is -2.37. The normalized spacial score (nSPS) is 15.2. The van der Waals surface area contributed by atoms with E-state index in [-0.39, 0.29) is 13.2 Å². The number of carbonyl (C=O) groups excluding carboxylic acids is 1. The van der Waals surface area contributed by atoms with Crippen molar-refractivity contribution in [2.45, 2.75) is 25.7 Å². The first-order chi connectivity index (χ1) is 12.2. The first kappa shape index (κ1) is 17.5. The quantitative estimate of drug-likeness (QED) is 0.847. The molecular formula is C20H24N2O3. The van der Waals surface area contributed by atoms with E-state index in [1.54, 1.807) is 0 Å². The third-order valence-electron chi connectivity index (χ3n) is 4.37. The molecule has 5 nitrogen and oxygen atoms in total. The molecule has 1 atom stereocenters. The van der Waals surface area contributed by atoms with Crippen LogP contribution in [0.25, 0.3) is 0 Å². The van der Waals surface area contributed by atoms with Crippen molar-refractivity contribution in [2.75, 3.05) is 19.6 Å². The summed E-state index contributed by atoms with van der Waals surface area (Å²) in [7, 11) is 0. The van der Waals surface area contributed by atoms with Crippen molar-refractivity contribution < 1.29 is 14.6 Å². The molecule has 1 amide bonds. The van der Waals surface area contributed by atoms with Crippen LogP contribution in [0, 0.1) is 0 Å². The summed E-state index contributed by atoms with van der Waals surface area (Å²) in [5, 5.41) is 12.8. The third kappa shape index (κ3) is 5.31. The molecule has 5 heteroatoms. The highest BCUT2D eigenvalue weighted by atomic mass is 16.5. The largest absolute Gasteiger partial charge is 0.445 e. The third-order valence-corrected chi connectivity index (χ3v) is 4.37. The maximum Gasteiger partial charge on any atom is 0.407 e. The Morgan fingerprint density at radius 1 is 1.12 bits per heavy atom. The molecule has 0 saturated heterocycles. The number of aliphatic hydroxyl groups is 1. The maximum atomic E-state index is 11.7. The van der Waals surface area contributed by atoms with Gasteiger partial charge in [-0.3, -0.25) is 4.90 Å². The predicted molar refractivity (Wildman–Crippen MR) is 96.1 cm³/mol. The molecule has 2 aromatic rings. The van der Waals surface area contributed by atoms with Gasteiger partial charge in [-0.2, -0.15) is 0 Å². The molecule has 132 valence electrons. The van der Waals surface area contributed by atoms with Crippen LogP contribution in [0.3, 0.4) is 0 Å². The van der Waals surface area contributed by atoms with E-state index < -0.39 is 12.2 Å². The van der Waals surface area contributed by atoms with Crippen LogP contribution in [-0.4, -0.2) is 41.8 Å². The second-order valence-corrected chi connectivity index (χ2v) is 6.35. The highest BCUT2D eigenvalue weighted by molar-refractivity contribution is 5.67. The Balaban J connectivity index is 1.37. The lowest BCUT2D eigenvalue weighted by Crippen LogP contribution is -2.42. The van der Waals surface area contributed by atoms with E-state index in [9.17, 15) is 9.90 Å². The van der Waals surface area contributed by atoms with Crippen molar-refractivity contribution in [3.8, 4) is 0 Å². The minimum absolute atomic E-state index is 0.186. The van der Waals surface area contributed by atoms with Crippen LogP contribution in [0.15, 0.2) is 54.6 Å². The summed E-state index contributed by atoms with van der Waals surface area (Å²) >= 11 is 0. The van der Waals surface area contributed by atoms with Gasteiger partial charge in [0.1, 0.15) is 6.61 Å². The zero-order valence-corrected chi connectivity index (χ0v) is 14.2. The van der Waals surface area contributed by atoms with Crippen LogP contribution in [-0.2, 0) is 24.3 Å². The molecule has 0 saturated carbocycles. The number of amides is 1. The predicted octanol–water partition coefficient (Wildman–Crippen LogP) is 2.33. The molecule has 2 N–H and O–H groups in total. The van der Waals surface area contributed by atoms with Crippen molar-refractivity contribution in [2.24, 2.45) is 0 Å². The van der Waals surface area contributed by atoms with E-state index in [0.29, 0.717) is 6.54 Å². The Morgan fingerprint density at radius 3 is 2.64 bits per heavy atom. The van der Waals surface area contributed by atoms with Crippen LogP contribution < -0.4 is 5.32 Å². The number of β-amino-alcohol motifs (C(OH)–C–C–N with tert-alkyl or cyclic N) is 1. The highest BCUT2D eigenvalue weighted by Gasteiger charge is 2.18. The number of benzene rings is 2. The van der Waals surface area contributed by atoms with Gasteiger partial charge in [-0.25, -0.2) is 4.79 Å². The van der Waals surface area contributed by atoms with Gasteiger partial charge in [0, 0.05) is 26.2 Å². The summed E-state index contributed by atoms with van der Waals surface area (Å²) in [5.41, 5.74) is 3.64. The van der Waals surface area contributed by atoms with Crippen molar-refractivity contribution in [3.63, 3.8) is 0 Å². The Bertz CT molecular complexity index is 690. The van der Waals surface area contributed by atoms with Crippen molar-refractivity contribution >= 4 is 6.09 Å². The fourth-order valence-electron chi connectivity index (χ4n) is 3.05. The molecule has 0 radical (unpaired) electrons. The van der Waals surface area contributed by atoms with E-state index in [4.69, 9.17) is 4.74 Å². The number of nitrogens with zero attached hydrogens (tertiary/aromatic N) is 1. The van der Waals surface area contributed by atoms with Gasteiger partial charge in [0.25, 0.3) is 0 Å². The summed E-state index contributed by atoms with van der Waals surface area (Å²) in [5.74, 6) is 0. The second-order valence-electron chi connectivity index (χ2n) is 6.35. The summed E-state index contributed by atoms with van der Waals surface area (Å²) in [6, 6.07) is 17.9. The van der Waals surface area contributed by atoms with E-state index in [0.717, 1.165) is 25.1 Å². The van der Waals surface area contributed by atoms with E-state index in [1.165, 1.54) is 11.1 Å². The van der Waals surface area contributed by atoms with Crippen molar-refractivity contribution in [3.05, 3.63) is 71.3 Å². The SMILES string of the molecule is O=C(NC[C@@H](O)CN1CCc2ccccc2C1)OCc1ccccc1. The van der Waals surface area contributed by atoms with E-state index in [2.05, 4.69) is 28.4 Å². The molecule has 0 aliphatic carbocycles. The van der Waals surface area contributed by atoms with Crippen LogP contribution in [0.4, 0.5) is 4.79 Å². The standard InChI is InChI=1S/C20H24N2O3/c23-19(12-21-20(24)25-15-16-6-2-1-3-7-16)14-22-11-10-17-8-4-5-9-18(17)13-22/h1-9,19,23H,10-15H2,(H,21,24)/t19-/m1/s1. The number of hydrogen-bond acceptors (Lipinski definition) is 4. The van der Waals surface area contributed by atoms with Crippen molar-refractivity contribution in [1.82, 2.24) is 10.2 Å². The summed E-state index contributed by atoms with van der Waals surface area (Å²) < 4.78 is 5.14. The number of fused-ring (bicyclic) bond motifs is 1. The number of ether oxygens (including phenoxy) is 1. The zero-order chi connectivity index (χ0) is 17.5. The fraction of sp³-hybridized carbons (Fsp3) is 0.350. The number of nitrogens with one attached hydrogen (secondary N) is 1. The topological polar surface area (TPSA) is 61.8 Å². The van der Waals surface area contributed by atoms with Gasteiger partial charge >= 0.3 is 6.09 Å². The molecule has 0 aromatic heterocycles. The average Bonchev–Trinajstić information content (AvgIpc) is 2.65. The Kier molecular flexibility index (Phi) is 6.04. The van der Waals surface area contributed by atoms with Gasteiger partial charge < -0.3 is 15.2 Å². The molecule has 1 aliphatic rings. The van der Waals surface area contributed by atoms with Crippen LogP contribution in [0.2, 0.25) is 0 Å². The fourth-order valence-corrected chi connectivity index (χ4v) is 3.05. The lowest BCUT2D eigenvalue weighted by molar-refractivity contribution is 0.0955. The molecule has 0 unspecified atom stereocenters. The molecular weight excluding hydrogens is 316 g/mol. The molecule has 25 heavy (non-hydrogen) atoms. The molecule has 2 aromatic carbocycles. The van der Waals surface area contributed by atoms with Crippen molar-refractivity contribution in [1.29, 1.82) is 0 Å². The smallest absolute Gasteiger partial charge is 0.407 e. The molecule has 0 bridgehead atoms. The summed E-state index contributed by atoms with van der Waals surface area (Å²) in [6.07, 6.45) is -0.128. The number of hydrogen-bond donors (Lipinski definition) is 2. The number of carbonyl (C=O) groups is 1. The lowest BCUT2D eigenvalue weighted by atomic mass is 10.00. The maximum absolute atomic E-state index is 11.7. The number of rotatable bonds is 6. The zero-order valence-electron chi connectivity index (χ0n) is 14.2. The van der Waals surface area contributed by atoms with Crippen LogP contribution in [0.5, 0.6) is 0 Å². The molecule has 3 rings (SSSR count). The summed E-state index contributed by atoms with van der Waals surface area (Å²) in [6.45, 7) is 2.71. The van der Waals surface area contributed by atoms with Gasteiger partial charge in [0.2, 0.25) is 0 Å². The minimum atomic E-state index is -0.616. The minimum Gasteiger partial charge on any atom is -0.445 e. The first-order valence-corrected chi connectivity index (χ1v) is 8.62. The number of aliphatic hydroxyl groups excluding tert-OH is 1. The number of alkyl carbamates (subject to hydrolysis) is 1. The average molecular weight is 340 g/mol. The summed E-state index contributed by atoms with van der Waals surface area (Å²) in [4.78, 5) is 13.9. The Morgan fingerprint density at radius 2 is 1.84 bits per heavy atom. The van der Waals surface area contributed by atoms with Gasteiger partial charge in [-0.15, -0.1) is 0 Å². The molecule has 0 fully saturated rings. The van der Waals surface area contributed by atoms with E-state index >= 15 is 0 Å². The van der Waals surface area contributed by atoms with Gasteiger partial charge in [0.15, 0.2) is 0 Å². The van der Waals surface area contributed by atoms with Gasteiger partial charge in [-0.1, -0.05) is 54.6 Å². The monoisotopic (exact) mass is 340 g/mol. The molecule has 0 spiro atoms.